The van der Waals surface area contributed by atoms with E-state index in [4.69, 9.17) is 15.0 Å². The minimum absolute atomic E-state index is 0.681. The quantitative estimate of drug-likeness (QED) is 0.157. The van der Waals surface area contributed by atoms with Crippen LogP contribution < -0.4 is 0 Å². The minimum Gasteiger partial charge on any atom is -0.309 e. The van der Waals surface area contributed by atoms with Gasteiger partial charge in [-0.2, -0.15) is 0 Å². The molecule has 0 aliphatic carbocycles. The molecule has 0 bridgehead atoms. The van der Waals surface area contributed by atoms with Crippen molar-refractivity contribution in [3.05, 3.63) is 224 Å². The molecule has 5 nitrogen and oxygen atoms in total. The SMILES string of the molecule is c1ccc(-c2nc(-c3cccc(-n4c5ccccc5c5ccccc54)c3)cc(-c3ccc4c(c3)c3cc5c(cc3n4-c3ccccc3)c(-c3ccccc3)nc3ccccc35)n2)cc1. The van der Waals surface area contributed by atoms with E-state index >= 15 is 0 Å². The second-order valence-corrected chi connectivity index (χ2v) is 16.4. The van der Waals surface area contributed by atoms with Crippen LogP contribution in [0.25, 0.3) is 122 Å². The first-order valence-corrected chi connectivity index (χ1v) is 21.7. The predicted molar refractivity (Wildman–Crippen MR) is 265 cm³/mol. The molecule has 0 saturated heterocycles. The van der Waals surface area contributed by atoms with Crippen molar-refractivity contribution in [3.63, 3.8) is 0 Å². The van der Waals surface area contributed by atoms with Crippen LogP contribution >= 0.6 is 0 Å². The van der Waals surface area contributed by atoms with E-state index in [2.05, 4.69) is 215 Å². The Labute approximate surface area is 368 Å². The molecule has 0 aliphatic heterocycles. The van der Waals surface area contributed by atoms with Gasteiger partial charge in [0.15, 0.2) is 5.82 Å². The van der Waals surface area contributed by atoms with Crippen LogP contribution in [0.15, 0.2) is 224 Å². The lowest BCUT2D eigenvalue weighted by Gasteiger charge is -2.12. The summed E-state index contributed by atoms with van der Waals surface area (Å²) in [5, 5.41) is 8.21. The summed E-state index contributed by atoms with van der Waals surface area (Å²) < 4.78 is 4.75. The highest BCUT2D eigenvalue weighted by Crippen LogP contribution is 2.42. The van der Waals surface area contributed by atoms with Gasteiger partial charge in [-0.05, 0) is 78.2 Å². The van der Waals surface area contributed by atoms with E-state index in [9.17, 15) is 0 Å². The van der Waals surface area contributed by atoms with Crippen molar-refractivity contribution in [2.24, 2.45) is 0 Å². The van der Waals surface area contributed by atoms with E-state index in [-0.39, 0.29) is 0 Å². The fraction of sp³-hybridized carbons (Fsp3) is 0. The highest BCUT2D eigenvalue weighted by Gasteiger charge is 2.20. The first-order valence-electron chi connectivity index (χ1n) is 21.7. The lowest BCUT2D eigenvalue weighted by molar-refractivity contribution is 1.16. The molecule has 13 aromatic rings. The summed E-state index contributed by atoms with van der Waals surface area (Å²) in [7, 11) is 0. The summed E-state index contributed by atoms with van der Waals surface area (Å²) in [6.07, 6.45) is 0. The number of fused-ring (bicyclic) bond motifs is 9. The number of hydrogen-bond acceptors (Lipinski definition) is 3. The number of para-hydroxylation sites is 4. The number of pyridine rings is 1. The molecule has 9 aromatic carbocycles. The third-order valence-electron chi connectivity index (χ3n) is 12.7. The van der Waals surface area contributed by atoms with Gasteiger partial charge in [0.1, 0.15) is 0 Å². The van der Waals surface area contributed by atoms with Crippen molar-refractivity contribution in [1.82, 2.24) is 24.1 Å². The van der Waals surface area contributed by atoms with Crippen LogP contribution in [0.2, 0.25) is 0 Å². The van der Waals surface area contributed by atoms with Crippen LogP contribution in [0.4, 0.5) is 0 Å². The third-order valence-corrected chi connectivity index (χ3v) is 12.7. The zero-order valence-electron chi connectivity index (χ0n) is 34.6. The molecule has 4 heterocycles. The Morgan fingerprint density at radius 3 is 1.52 bits per heavy atom. The molecular formula is C59H37N5. The summed E-state index contributed by atoms with van der Waals surface area (Å²) in [5.41, 5.74) is 14.5. The van der Waals surface area contributed by atoms with Gasteiger partial charge in [0.25, 0.3) is 0 Å². The molecule has 0 aliphatic rings. The molecule has 0 fully saturated rings. The highest BCUT2D eigenvalue weighted by atomic mass is 15.0. The van der Waals surface area contributed by atoms with Crippen LogP contribution in [0.5, 0.6) is 0 Å². The van der Waals surface area contributed by atoms with Crippen LogP contribution in [0, 0.1) is 0 Å². The summed E-state index contributed by atoms with van der Waals surface area (Å²) in [6.45, 7) is 0. The van der Waals surface area contributed by atoms with Crippen molar-refractivity contribution >= 4 is 65.3 Å². The molecular weight excluding hydrogens is 779 g/mol. The van der Waals surface area contributed by atoms with Crippen LogP contribution in [-0.2, 0) is 0 Å². The Balaban J connectivity index is 1.04. The number of aromatic nitrogens is 5. The summed E-state index contributed by atoms with van der Waals surface area (Å²) in [4.78, 5) is 15.9. The topological polar surface area (TPSA) is 48.5 Å². The average Bonchev–Trinajstić information content (AvgIpc) is 3.88. The zero-order valence-corrected chi connectivity index (χ0v) is 34.6. The molecule has 0 spiro atoms. The van der Waals surface area contributed by atoms with Gasteiger partial charge in [-0.15, -0.1) is 0 Å². The maximum atomic E-state index is 5.31. The summed E-state index contributed by atoms with van der Waals surface area (Å²) in [5.74, 6) is 0.681. The second-order valence-electron chi connectivity index (χ2n) is 16.4. The van der Waals surface area contributed by atoms with Gasteiger partial charge in [-0.1, -0.05) is 152 Å². The van der Waals surface area contributed by atoms with E-state index in [1.165, 1.54) is 32.6 Å². The van der Waals surface area contributed by atoms with Gasteiger partial charge < -0.3 is 9.13 Å². The predicted octanol–water partition coefficient (Wildman–Crippen LogP) is 15.0. The molecule has 298 valence electrons. The number of hydrogen-bond donors (Lipinski definition) is 0. The first kappa shape index (κ1) is 36.0. The monoisotopic (exact) mass is 815 g/mol. The number of rotatable bonds is 6. The molecule has 13 rings (SSSR count). The maximum Gasteiger partial charge on any atom is 0.160 e. The Morgan fingerprint density at radius 1 is 0.266 bits per heavy atom. The van der Waals surface area contributed by atoms with Crippen LogP contribution in [-0.4, -0.2) is 24.1 Å². The second kappa shape index (κ2) is 14.5. The van der Waals surface area contributed by atoms with Gasteiger partial charge in [0.2, 0.25) is 0 Å². The van der Waals surface area contributed by atoms with Crippen LogP contribution in [0.3, 0.4) is 0 Å². The highest BCUT2D eigenvalue weighted by molar-refractivity contribution is 6.20. The van der Waals surface area contributed by atoms with Crippen LogP contribution in [0.1, 0.15) is 0 Å². The largest absolute Gasteiger partial charge is 0.309 e. The van der Waals surface area contributed by atoms with Crippen molar-refractivity contribution in [1.29, 1.82) is 0 Å². The standard InChI is InChI=1S/C59H37N5/c1-4-17-38(18-5-1)58-50-36-57-49(35-47(50)44-25-10-13-28-51(44)60-58)48-34-41(31-32-56(48)63(57)42-22-8-3-9-23-42)53-37-52(61-59(62-53)39-19-6-2-7-20-39)40-21-16-24-43(33-40)64-54-29-14-11-26-45(54)46-27-12-15-30-55(46)64/h1-37H. The Hall–Kier alpha value is -8.67. The van der Waals surface area contributed by atoms with Gasteiger partial charge >= 0.3 is 0 Å². The molecule has 64 heavy (non-hydrogen) atoms. The Bertz CT molecular complexity index is 3890. The van der Waals surface area contributed by atoms with Crippen molar-refractivity contribution in [3.8, 4) is 56.5 Å². The smallest absolute Gasteiger partial charge is 0.160 e. The molecule has 4 aromatic heterocycles. The Morgan fingerprint density at radius 2 is 0.797 bits per heavy atom. The lowest BCUT2D eigenvalue weighted by Crippen LogP contribution is -1.98. The fourth-order valence-electron chi connectivity index (χ4n) is 9.76. The Kier molecular flexibility index (Phi) is 8.15. The lowest BCUT2D eigenvalue weighted by atomic mass is 9.97. The average molecular weight is 816 g/mol. The molecule has 0 N–H and O–H groups in total. The van der Waals surface area contributed by atoms with E-state index < -0.39 is 0 Å². The normalized spacial score (nSPS) is 11.8. The van der Waals surface area contributed by atoms with Gasteiger partial charge in [-0.3, -0.25) is 0 Å². The fourth-order valence-corrected chi connectivity index (χ4v) is 9.76. The minimum atomic E-state index is 0.681. The molecule has 0 unspecified atom stereocenters. The van der Waals surface area contributed by atoms with Gasteiger partial charge in [0, 0.05) is 65.9 Å². The maximum absolute atomic E-state index is 5.31. The first-order chi connectivity index (χ1) is 31.7. The van der Waals surface area contributed by atoms with E-state index in [0.29, 0.717) is 5.82 Å². The molecule has 0 saturated carbocycles. The molecule has 5 heteroatoms. The zero-order chi connectivity index (χ0) is 42.1. The van der Waals surface area contributed by atoms with Crippen molar-refractivity contribution in [2.45, 2.75) is 0 Å². The molecule has 0 radical (unpaired) electrons. The van der Waals surface area contributed by atoms with Gasteiger partial charge in [-0.25, -0.2) is 15.0 Å². The summed E-state index contributed by atoms with van der Waals surface area (Å²) >= 11 is 0. The summed E-state index contributed by atoms with van der Waals surface area (Å²) in [6, 6.07) is 79.6. The van der Waals surface area contributed by atoms with Crippen molar-refractivity contribution < 1.29 is 0 Å². The number of benzene rings is 9. The molecule has 0 atom stereocenters. The van der Waals surface area contributed by atoms with E-state index in [0.717, 1.165) is 83.4 Å². The van der Waals surface area contributed by atoms with E-state index in [1.54, 1.807) is 0 Å². The molecule has 0 amide bonds. The van der Waals surface area contributed by atoms with E-state index in [1.807, 2.05) is 18.2 Å². The number of nitrogens with zero attached hydrogens (tertiary/aromatic N) is 5. The van der Waals surface area contributed by atoms with Gasteiger partial charge in [0.05, 0.1) is 44.7 Å². The third kappa shape index (κ3) is 5.75. The van der Waals surface area contributed by atoms with Crippen molar-refractivity contribution in [2.75, 3.05) is 0 Å².